The van der Waals surface area contributed by atoms with E-state index in [1.54, 1.807) is 30.3 Å². The summed E-state index contributed by atoms with van der Waals surface area (Å²) in [6, 6.07) is 11.4. The van der Waals surface area contributed by atoms with Crippen LogP contribution in [0.3, 0.4) is 0 Å². The number of ether oxygens (including phenoxy) is 1. The molecule has 2 aromatic carbocycles. The molecule has 0 amide bonds. The fraction of sp³-hybridized carbons (Fsp3) is 0.0714. The molecule has 0 radical (unpaired) electrons. The molecule has 5 heteroatoms. The smallest absolute Gasteiger partial charge is 0.337 e. The molecule has 98 valence electrons. The van der Waals surface area contributed by atoms with Gasteiger partial charge in [0.1, 0.15) is 5.82 Å². The number of benzene rings is 2. The van der Waals surface area contributed by atoms with Crippen molar-refractivity contribution in [1.29, 1.82) is 0 Å². The maximum Gasteiger partial charge on any atom is 0.337 e. The Bertz CT molecular complexity index is 599. The molecule has 0 fully saturated rings. The van der Waals surface area contributed by atoms with Gasteiger partial charge in [-0.3, -0.25) is 0 Å². The minimum absolute atomic E-state index is 0.195. The lowest BCUT2D eigenvalue weighted by Crippen LogP contribution is -2.01. The molecule has 0 heterocycles. The van der Waals surface area contributed by atoms with Crippen LogP contribution in [-0.4, -0.2) is 13.1 Å². The van der Waals surface area contributed by atoms with Crippen LogP contribution in [0, 0.1) is 5.82 Å². The summed E-state index contributed by atoms with van der Waals surface area (Å²) in [6.07, 6.45) is 0. The van der Waals surface area contributed by atoms with Crippen LogP contribution in [0.5, 0.6) is 0 Å². The Morgan fingerprint density at radius 1 is 1.21 bits per heavy atom. The van der Waals surface area contributed by atoms with Crippen LogP contribution < -0.4 is 0 Å². The maximum absolute atomic E-state index is 13.9. The fourth-order valence-corrected chi connectivity index (χ4v) is 2.40. The van der Waals surface area contributed by atoms with Crippen molar-refractivity contribution in [3.63, 3.8) is 0 Å². The zero-order valence-corrected chi connectivity index (χ0v) is 11.6. The predicted octanol–water partition coefficient (Wildman–Crippen LogP) is 4.42. The number of carbonyl (C=O) groups excluding carboxylic acids is 1. The summed E-state index contributed by atoms with van der Waals surface area (Å²) < 4.78 is 18.4. The quantitative estimate of drug-likeness (QED) is 0.785. The largest absolute Gasteiger partial charge is 0.465 e. The number of hydrogen-bond acceptors (Lipinski definition) is 3. The van der Waals surface area contributed by atoms with Gasteiger partial charge in [-0.25, -0.2) is 9.18 Å². The normalized spacial score (nSPS) is 10.3. The fourth-order valence-electron chi connectivity index (χ4n) is 1.46. The molecule has 0 atom stereocenters. The van der Waals surface area contributed by atoms with E-state index in [9.17, 15) is 9.18 Å². The Hall–Kier alpha value is -1.52. The van der Waals surface area contributed by atoms with Gasteiger partial charge >= 0.3 is 5.97 Å². The van der Waals surface area contributed by atoms with Crippen molar-refractivity contribution in [2.45, 2.75) is 9.79 Å². The van der Waals surface area contributed by atoms with Crippen LogP contribution in [0.25, 0.3) is 0 Å². The molecule has 2 aromatic rings. The third-order valence-corrected chi connectivity index (χ3v) is 3.71. The van der Waals surface area contributed by atoms with Crippen LogP contribution in [0.2, 0.25) is 5.02 Å². The second-order valence-corrected chi connectivity index (χ2v) is 5.24. The highest BCUT2D eigenvalue weighted by Crippen LogP contribution is 2.31. The van der Waals surface area contributed by atoms with E-state index in [-0.39, 0.29) is 5.56 Å². The molecule has 0 N–H and O–H groups in total. The SMILES string of the molecule is COC(=O)c1ccc(Sc2ccc(Cl)cc2)c(F)c1. The van der Waals surface area contributed by atoms with Crippen molar-refractivity contribution in [1.82, 2.24) is 0 Å². The van der Waals surface area contributed by atoms with E-state index in [0.717, 1.165) is 4.90 Å². The second-order valence-electron chi connectivity index (χ2n) is 3.69. The summed E-state index contributed by atoms with van der Waals surface area (Å²) in [5.41, 5.74) is 0.195. The standard InChI is InChI=1S/C14H10ClFO2S/c1-18-14(17)9-2-7-13(12(16)8-9)19-11-5-3-10(15)4-6-11/h2-8H,1H3. The van der Waals surface area contributed by atoms with Crippen molar-refractivity contribution in [2.24, 2.45) is 0 Å². The lowest BCUT2D eigenvalue weighted by molar-refractivity contribution is 0.0600. The van der Waals surface area contributed by atoms with Gasteiger partial charge in [-0.1, -0.05) is 23.4 Å². The van der Waals surface area contributed by atoms with E-state index in [0.29, 0.717) is 9.92 Å². The molecule has 0 aliphatic rings. The first-order chi connectivity index (χ1) is 9.10. The summed E-state index contributed by atoms with van der Waals surface area (Å²) in [6.45, 7) is 0. The number of carbonyl (C=O) groups is 1. The molecule has 0 aliphatic carbocycles. The Morgan fingerprint density at radius 2 is 1.89 bits per heavy atom. The van der Waals surface area contributed by atoms with Gasteiger partial charge in [0.05, 0.1) is 12.7 Å². The van der Waals surface area contributed by atoms with E-state index in [1.807, 2.05) is 0 Å². The lowest BCUT2D eigenvalue weighted by atomic mass is 10.2. The topological polar surface area (TPSA) is 26.3 Å². The summed E-state index contributed by atoms with van der Waals surface area (Å²) in [7, 11) is 1.26. The molecule has 0 saturated carbocycles. The van der Waals surface area contributed by atoms with E-state index >= 15 is 0 Å². The molecule has 0 bridgehead atoms. The highest BCUT2D eigenvalue weighted by atomic mass is 35.5. The predicted molar refractivity (Wildman–Crippen MR) is 73.3 cm³/mol. The molecule has 0 spiro atoms. The van der Waals surface area contributed by atoms with E-state index in [4.69, 9.17) is 11.6 Å². The number of methoxy groups -OCH3 is 1. The number of esters is 1. The van der Waals surface area contributed by atoms with Gasteiger partial charge in [-0.15, -0.1) is 0 Å². The Kier molecular flexibility index (Phi) is 4.45. The highest BCUT2D eigenvalue weighted by molar-refractivity contribution is 7.99. The van der Waals surface area contributed by atoms with Crippen molar-refractivity contribution >= 4 is 29.3 Å². The lowest BCUT2D eigenvalue weighted by Gasteiger charge is -2.05. The van der Waals surface area contributed by atoms with Gasteiger partial charge < -0.3 is 4.74 Å². The van der Waals surface area contributed by atoms with Gasteiger partial charge in [0.2, 0.25) is 0 Å². The van der Waals surface area contributed by atoms with Crippen LogP contribution in [0.4, 0.5) is 4.39 Å². The first-order valence-corrected chi connectivity index (χ1v) is 6.61. The third-order valence-electron chi connectivity index (χ3n) is 2.39. The molecule has 19 heavy (non-hydrogen) atoms. The molecule has 0 aromatic heterocycles. The molecular formula is C14H10ClFO2S. The summed E-state index contributed by atoms with van der Waals surface area (Å²) in [4.78, 5) is 12.6. The Morgan fingerprint density at radius 3 is 2.47 bits per heavy atom. The van der Waals surface area contributed by atoms with Gasteiger partial charge in [0.15, 0.2) is 0 Å². The number of hydrogen-bond donors (Lipinski definition) is 0. The zero-order chi connectivity index (χ0) is 13.8. The molecule has 0 unspecified atom stereocenters. The summed E-state index contributed by atoms with van der Waals surface area (Å²) in [5.74, 6) is -1.01. The van der Waals surface area contributed by atoms with Crippen molar-refractivity contribution in [2.75, 3.05) is 7.11 Å². The van der Waals surface area contributed by atoms with Gasteiger partial charge in [-0.05, 0) is 42.5 Å². The van der Waals surface area contributed by atoms with E-state index < -0.39 is 11.8 Å². The highest BCUT2D eigenvalue weighted by Gasteiger charge is 2.10. The molecule has 2 nitrogen and oxygen atoms in total. The zero-order valence-electron chi connectivity index (χ0n) is 10.0. The van der Waals surface area contributed by atoms with E-state index in [2.05, 4.69) is 4.74 Å². The van der Waals surface area contributed by atoms with Crippen molar-refractivity contribution in [3.05, 3.63) is 58.9 Å². The first kappa shape index (κ1) is 13.9. The minimum Gasteiger partial charge on any atom is -0.465 e. The second kappa shape index (κ2) is 6.08. The van der Waals surface area contributed by atoms with E-state index in [1.165, 1.54) is 31.0 Å². The molecular weight excluding hydrogens is 287 g/mol. The Balaban J connectivity index is 2.22. The maximum atomic E-state index is 13.9. The average Bonchev–Trinajstić information content (AvgIpc) is 2.42. The van der Waals surface area contributed by atoms with Gasteiger partial charge in [-0.2, -0.15) is 0 Å². The molecule has 0 saturated heterocycles. The van der Waals surface area contributed by atoms with Crippen molar-refractivity contribution < 1.29 is 13.9 Å². The Labute approximate surface area is 119 Å². The summed E-state index contributed by atoms with van der Waals surface area (Å²) in [5, 5.41) is 0.630. The van der Waals surface area contributed by atoms with Crippen molar-refractivity contribution in [3.8, 4) is 0 Å². The number of halogens is 2. The van der Waals surface area contributed by atoms with Crippen LogP contribution in [0.1, 0.15) is 10.4 Å². The minimum atomic E-state index is -0.554. The summed E-state index contributed by atoms with van der Waals surface area (Å²) >= 11 is 7.05. The molecule has 2 rings (SSSR count). The van der Waals surface area contributed by atoms with Gasteiger partial charge in [0, 0.05) is 14.8 Å². The van der Waals surface area contributed by atoms with Gasteiger partial charge in [0.25, 0.3) is 0 Å². The average molecular weight is 297 g/mol. The third kappa shape index (κ3) is 3.49. The first-order valence-electron chi connectivity index (χ1n) is 5.41. The number of rotatable bonds is 3. The van der Waals surface area contributed by atoms with Crippen LogP contribution in [-0.2, 0) is 4.74 Å². The molecule has 0 aliphatic heterocycles. The van der Waals surface area contributed by atoms with Crippen LogP contribution >= 0.6 is 23.4 Å². The monoisotopic (exact) mass is 296 g/mol. The van der Waals surface area contributed by atoms with Crippen LogP contribution in [0.15, 0.2) is 52.3 Å².